The molecular formula is C16H15F2NO2. The first-order chi connectivity index (χ1) is 9.99. The Kier molecular flexibility index (Phi) is 4.65. The van der Waals surface area contributed by atoms with Crippen molar-refractivity contribution in [1.82, 2.24) is 5.32 Å². The van der Waals surface area contributed by atoms with Gasteiger partial charge < -0.3 is 10.4 Å². The molecule has 0 aliphatic carbocycles. The molecule has 110 valence electrons. The predicted octanol–water partition coefficient (Wildman–Crippen LogP) is 2.82. The molecule has 2 rings (SSSR count). The van der Waals surface area contributed by atoms with Gasteiger partial charge in [0.25, 0.3) is 5.91 Å². The average Bonchev–Trinajstić information content (AvgIpc) is 2.50. The van der Waals surface area contributed by atoms with Gasteiger partial charge in [-0.2, -0.15) is 0 Å². The van der Waals surface area contributed by atoms with Crippen LogP contribution in [-0.4, -0.2) is 17.1 Å². The lowest BCUT2D eigenvalue weighted by atomic mass is 10.0. The Hall–Kier alpha value is -2.27. The number of carbonyl (C=O) groups is 1. The zero-order valence-corrected chi connectivity index (χ0v) is 11.4. The molecule has 5 heteroatoms. The molecule has 3 nitrogen and oxygen atoms in total. The monoisotopic (exact) mass is 291 g/mol. The molecule has 2 N–H and O–H groups in total. The number of aliphatic hydroxyl groups excluding tert-OH is 1. The fourth-order valence-electron chi connectivity index (χ4n) is 1.94. The molecule has 1 amide bonds. The number of hydrogen-bond acceptors (Lipinski definition) is 2. The van der Waals surface area contributed by atoms with Crippen LogP contribution < -0.4 is 5.32 Å². The van der Waals surface area contributed by atoms with Crippen molar-refractivity contribution < 1.29 is 18.7 Å². The van der Waals surface area contributed by atoms with Crippen LogP contribution in [0.25, 0.3) is 0 Å². The highest BCUT2D eigenvalue weighted by atomic mass is 19.2. The van der Waals surface area contributed by atoms with Gasteiger partial charge in [-0.05, 0) is 36.8 Å². The number of halogens is 2. The van der Waals surface area contributed by atoms with Crippen molar-refractivity contribution in [2.75, 3.05) is 0 Å². The average molecular weight is 291 g/mol. The summed E-state index contributed by atoms with van der Waals surface area (Å²) < 4.78 is 26.0. The molecular weight excluding hydrogens is 276 g/mol. The van der Waals surface area contributed by atoms with Gasteiger partial charge in [-0.25, -0.2) is 8.78 Å². The molecule has 0 spiro atoms. The molecule has 0 aromatic heterocycles. The highest BCUT2D eigenvalue weighted by molar-refractivity contribution is 5.94. The van der Waals surface area contributed by atoms with Crippen molar-refractivity contribution in [2.45, 2.75) is 19.1 Å². The van der Waals surface area contributed by atoms with Crippen molar-refractivity contribution in [3.63, 3.8) is 0 Å². The summed E-state index contributed by atoms with van der Waals surface area (Å²) in [7, 11) is 0. The fourth-order valence-corrected chi connectivity index (χ4v) is 1.94. The van der Waals surface area contributed by atoms with E-state index in [0.29, 0.717) is 5.56 Å². The molecule has 0 bridgehead atoms. The van der Waals surface area contributed by atoms with Crippen LogP contribution in [0.3, 0.4) is 0 Å². The van der Waals surface area contributed by atoms with Crippen LogP contribution in [0.2, 0.25) is 0 Å². The molecule has 0 saturated heterocycles. The molecule has 2 aromatic carbocycles. The minimum Gasteiger partial charge on any atom is -0.386 e. The molecule has 0 aliphatic rings. The molecule has 2 aromatic rings. The van der Waals surface area contributed by atoms with Gasteiger partial charge >= 0.3 is 0 Å². The normalized spacial score (nSPS) is 13.5. The number of hydrogen-bond donors (Lipinski definition) is 2. The topological polar surface area (TPSA) is 49.3 Å². The van der Waals surface area contributed by atoms with Crippen LogP contribution in [-0.2, 0) is 0 Å². The van der Waals surface area contributed by atoms with E-state index in [1.54, 1.807) is 37.3 Å². The first-order valence-corrected chi connectivity index (χ1v) is 6.48. The first-order valence-electron chi connectivity index (χ1n) is 6.48. The largest absolute Gasteiger partial charge is 0.386 e. The van der Waals surface area contributed by atoms with Crippen molar-refractivity contribution in [3.8, 4) is 0 Å². The SMILES string of the molecule is CC(NC(=O)c1ccccc1)C(O)c1ccc(F)c(F)c1. The highest BCUT2D eigenvalue weighted by Gasteiger charge is 2.20. The van der Waals surface area contributed by atoms with Gasteiger partial charge in [0.15, 0.2) is 11.6 Å². The van der Waals surface area contributed by atoms with Gasteiger partial charge in [-0.15, -0.1) is 0 Å². The van der Waals surface area contributed by atoms with Crippen LogP contribution >= 0.6 is 0 Å². The predicted molar refractivity (Wildman–Crippen MR) is 74.7 cm³/mol. The second kappa shape index (κ2) is 6.45. The Morgan fingerprint density at radius 1 is 1.10 bits per heavy atom. The van der Waals surface area contributed by atoms with Crippen molar-refractivity contribution in [3.05, 3.63) is 71.3 Å². The van der Waals surface area contributed by atoms with Crippen LogP contribution in [0, 0.1) is 11.6 Å². The van der Waals surface area contributed by atoms with Crippen molar-refractivity contribution in [1.29, 1.82) is 0 Å². The van der Waals surface area contributed by atoms with Crippen molar-refractivity contribution >= 4 is 5.91 Å². The molecule has 0 heterocycles. The zero-order chi connectivity index (χ0) is 15.4. The Labute approximate surface area is 121 Å². The summed E-state index contributed by atoms with van der Waals surface area (Å²) in [5.74, 6) is -2.36. The van der Waals surface area contributed by atoms with Gasteiger partial charge in [-0.1, -0.05) is 24.3 Å². The van der Waals surface area contributed by atoms with E-state index in [1.165, 1.54) is 6.07 Å². The van der Waals surface area contributed by atoms with E-state index in [2.05, 4.69) is 5.32 Å². The quantitative estimate of drug-likeness (QED) is 0.910. The van der Waals surface area contributed by atoms with E-state index < -0.39 is 23.8 Å². The first kappa shape index (κ1) is 15.1. The summed E-state index contributed by atoms with van der Waals surface area (Å²) in [6.45, 7) is 1.59. The summed E-state index contributed by atoms with van der Waals surface area (Å²) in [5.41, 5.74) is 0.664. The third-order valence-electron chi connectivity index (χ3n) is 3.15. The molecule has 0 saturated carbocycles. The van der Waals surface area contributed by atoms with Crippen molar-refractivity contribution in [2.24, 2.45) is 0 Å². The van der Waals surface area contributed by atoms with E-state index in [4.69, 9.17) is 0 Å². The third-order valence-corrected chi connectivity index (χ3v) is 3.15. The summed E-state index contributed by atoms with van der Waals surface area (Å²) in [6.07, 6.45) is -1.13. The summed E-state index contributed by atoms with van der Waals surface area (Å²) >= 11 is 0. The van der Waals surface area contributed by atoms with Crippen LogP contribution in [0.1, 0.15) is 28.9 Å². The van der Waals surface area contributed by atoms with Crippen LogP contribution in [0.15, 0.2) is 48.5 Å². The van der Waals surface area contributed by atoms with E-state index in [9.17, 15) is 18.7 Å². The molecule has 21 heavy (non-hydrogen) atoms. The van der Waals surface area contributed by atoms with Gasteiger partial charge in [0, 0.05) is 5.56 Å². The second-order valence-electron chi connectivity index (χ2n) is 4.75. The van der Waals surface area contributed by atoms with Gasteiger partial charge in [-0.3, -0.25) is 4.79 Å². The number of rotatable bonds is 4. The zero-order valence-electron chi connectivity index (χ0n) is 11.4. The molecule has 2 unspecified atom stereocenters. The maximum Gasteiger partial charge on any atom is 0.251 e. The van der Waals surface area contributed by atoms with E-state index in [0.717, 1.165) is 12.1 Å². The molecule has 0 radical (unpaired) electrons. The number of benzene rings is 2. The Bertz CT molecular complexity index is 631. The molecule has 2 atom stereocenters. The minimum absolute atomic E-state index is 0.203. The summed E-state index contributed by atoms with van der Waals surface area (Å²) in [6, 6.07) is 11.0. The molecule has 0 aliphatic heterocycles. The minimum atomic E-state index is -1.13. The highest BCUT2D eigenvalue weighted by Crippen LogP contribution is 2.19. The lowest BCUT2D eigenvalue weighted by molar-refractivity contribution is 0.0851. The van der Waals surface area contributed by atoms with E-state index in [1.807, 2.05) is 0 Å². The number of aliphatic hydroxyl groups is 1. The second-order valence-corrected chi connectivity index (χ2v) is 4.75. The summed E-state index contributed by atoms with van der Waals surface area (Å²) in [4.78, 5) is 12.0. The fraction of sp³-hybridized carbons (Fsp3) is 0.188. The van der Waals surface area contributed by atoms with Gasteiger partial charge in [0.1, 0.15) is 0 Å². The smallest absolute Gasteiger partial charge is 0.251 e. The summed E-state index contributed by atoms with van der Waals surface area (Å²) in [5, 5.41) is 12.7. The maximum absolute atomic E-state index is 13.2. The Morgan fingerprint density at radius 3 is 2.38 bits per heavy atom. The standard InChI is InChI=1S/C16H15F2NO2/c1-10(19-16(21)11-5-3-2-4-6-11)15(20)12-7-8-13(17)14(18)9-12/h2-10,15,20H,1H3,(H,19,21). The maximum atomic E-state index is 13.2. The van der Waals surface area contributed by atoms with Crippen LogP contribution in [0.5, 0.6) is 0 Å². The lowest BCUT2D eigenvalue weighted by Crippen LogP contribution is -2.37. The Morgan fingerprint density at radius 2 is 1.76 bits per heavy atom. The molecule has 0 fully saturated rings. The lowest BCUT2D eigenvalue weighted by Gasteiger charge is -2.20. The Balaban J connectivity index is 2.07. The third kappa shape index (κ3) is 3.64. The number of amides is 1. The van der Waals surface area contributed by atoms with E-state index >= 15 is 0 Å². The number of nitrogens with one attached hydrogen (secondary N) is 1. The van der Waals surface area contributed by atoms with Gasteiger partial charge in [0.2, 0.25) is 0 Å². The van der Waals surface area contributed by atoms with Gasteiger partial charge in [0.05, 0.1) is 12.1 Å². The van der Waals surface area contributed by atoms with Crippen LogP contribution in [0.4, 0.5) is 8.78 Å². The number of carbonyl (C=O) groups excluding carboxylic acids is 1. The van der Waals surface area contributed by atoms with E-state index in [-0.39, 0.29) is 11.5 Å².